The Morgan fingerprint density at radius 3 is 2.53 bits per heavy atom. The lowest BCUT2D eigenvalue weighted by Crippen LogP contribution is -2.62. The Bertz CT molecular complexity index is 2290. The van der Waals surface area contributed by atoms with Gasteiger partial charge in [-0.15, -0.1) is 0 Å². The van der Waals surface area contributed by atoms with E-state index in [0.717, 1.165) is 6.42 Å². The number of fused-ring (bicyclic) bond motifs is 3. The van der Waals surface area contributed by atoms with Crippen molar-refractivity contribution in [1.29, 1.82) is 0 Å². The number of nitrogens with one attached hydrogen (secondary N) is 2. The molecule has 0 spiro atoms. The van der Waals surface area contributed by atoms with Crippen LogP contribution in [0.3, 0.4) is 0 Å². The Morgan fingerprint density at radius 1 is 1.15 bits per heavy atom. The second-order valence-electron chi connectivity index (χ2n) is 18.2. The monoisotopic (exact) mass is 848 g/mol. The SMILES string of the molecule is CC[C@@H]1C[C@H](C)CC/C=C\[C@@H]2C[C@@]2(C(=O)NS(=O)(=O)C2(C)CC2)NC(=O)[C@@H]2C[C@@H](Oc3ncc(-c4cnco4)c4cc(OC)ccc34)CN2C(=O)[C@H]1N(C(=O)O)C(C)(C)C. The largest absolute Gasteiger partial charge is 0.497 e. The summed E-state index contributed by atoms with van der Waals surface area (Å²) in [5.74, 6) is -1.58. The fourth-order valence-corrected chi connectivity index (χ4v) is 10.2. The molecule has 324 valence electrons. The van der Waals surface area contributed by atoms with Crippen LogP contribution in [0.15, 0.2) is 53.6 Å². The Labute approximate surface area is 350 Å². The molecule has 4 amide bonds. The van der Waals surface area contributed by atoms with Crippen molar-refractivity contribution in [2.45, 2.75) is 127 Å². The van der Waals surface area contributed by atoms with E-state index in [4.69, 9.17) is 13.9 Å². The standard InChI is InChI=1S/C43H56N6O10S/c1-8-26-17-25(2)11-9-10-12-27-20-43(27,39(52)47-60(55,56)42(6)15-16-42)46-36(50)33-19-29(23-48(33)38(51)35(26)49(40(53)54)41(3,4)5)59-37-30-14-13-28(57-7)18-31(30)32(21-45-37)34-22-44-24-58-34/h10,12-14,18,21-22,24-27,29,33,35H,8-9,11,15-17,19-20,23H2,1-7H3,(H,46,50)(H,47,52)(H,53,54)/b12-10-/t25-,26-,27-,29-,33+,35+,43-/m1/s1. The summed E-state index contributed by atoms with van der Waals surface area (Å²) in [5, 5.41) is 14.9. The van der Waals surface area contributed by atoms with Gasteiger partial charge in [-0.25, -0.2) is 23.2 Å². The molecule has 16 nitrogen and oxygen atoms in total. The minimum atomic E-state index is -4.04. The van der Waals surface area contributed by atoms with Crippen LogP contribution in [-0.2, 0) is 24.4 Å². The molecule has 3 fully saturated rings. The quantitative estimate of drug-likeness (QED) is 0.223. The van der Waals surface area contributed by atoms with E-state index in [9.17, 15) is 27.9 Å². The zero-order valence-corrected chi connectivity index (χ0v) is 36.1. The van der Waals surface area contributed by atoms with Crippen LogP contribution in [0.5, 0.6) is 11.6 Å². The molecular weight excluding hydrogens is 793 g/mol. The molecule has 2 saturated carbocycles. The average Bonchev–Trinajstić information content (AvgIpc) is 3.94. The van der Waals surface area contributed by atoms with Crippen molar-refractivity contribution < 1.29 is 46.6 Å². The number of carboxylic acid groups (broad SMARTS) is 1. The van der Waals surface area contributed by atoms with Crippen molar-refractivity contribution in [3.8, 4) is 23.0 Å². The highest BCUT2D eigenvalue weighted by Gasteiger charge is 2.63. The summed E-state index contributed by atoms with van der Waals surface area (Å²) in [7, 11) is -2.49. The van der Waals surface area contributed by atoms with E-state index in [0.29, 0.717) is 59.9 Å². The molecule has 3 N–H and O–H groups in total. The van der Waals surface area contributed by atoms with Gasteiger partial charge in [-0.1, -0.05) is 32.4 Å². The topological polar surface area (TPSA) is 211 Å². The molecule has 0 unspecified atom stereocenters. The first-order chi connectivity index (χ1) is 28.3. The van der Waals surface area contributed by atoms with Gasteiger partial charge < -0.3 is 29.2 Å². The Hall–Kier alpha value is -5.19. The number of benzene rings is 1. The van der Waals surface area contributed by atoms with Crippen molar-refractivity contribution in [1.82, 2.24) is 29.8 Å². The number of oxazole rings is 1. The minimum Gasteiger partial charge on any atom is -0.497 e. The molecule has 4 heterocycles. The third-order valence-electron chi connectivity index (χ3n) is 12.8. The number of hydrogen-bond acceptors (Lipinski definition) is 11. The van der Waals surface area contributed by atoms with Crippen molar-refractivity contribution >= 4 is 44.6 Å². The Kier molecular flexibility index (Phi) is 11.5. The second-order valence-corrected chi connectivity index (χ2v) is 20.4. The summed E-state index contributed by atoms with van der Waals surface area (Å²) in [5.41, 5.74) is -1.94. The van der Waals surface area contributed by atoms with Crippen molar-refractivity contribution in [3.63, 3.8) is 0 Å². The first-order valence-electron chi connectivity index (χ1n) is 20.7. The van der Waals surface area contributed by atoms with Crippen LogP contribution in [-0.4, -0.2) is 105 Å². The van der Waals surface area contributed by atoms with Crippen LogP contribution in [0, 0.1) is 17.8 Å². The summed E-state index contributed by atoms with van der Waals surface area (Å²) >= 11 is 0. The lowest BCUT2D eigenvalue weighted by molar-refractivity contribution is -0.146. The predicted octanol–water partition coefficient (Wildman–Crippen LogP) is 5.67. The first kappa shape index (κ1) is 42.9. The van der Waals surface area contributed by atoms with Crippen LogP contribution in [0.2, 0.25) is 0 Å². The van der Waals surface area contributed by atoms with Gasteiger partial charge in [0, 0.05) is 40.4 Å². The molecule has 17 heteroatoms. The van der Waals surface area contributed by atoms with Crippen LogP contribution < -0.4 is 19.5 Å². The highest BCUT2D eigenvalue weighted by atomic mass is 32.2. The van der Waals surface area contributed by atoms with Crippen molar-refractivity contribution in [2.75, 3.05) is 13.7 Å². The Morgan fingerprint density at radius 2 is 1.90 bits per heavy atom. The maximum atomic E-state index is 15.3. The number of carbonyl (C=O) groups excluding carboxylic acids is 3. The van der Waals surface area contributed by atoms with Crippen LogP contribution in [0.1, 0.15) is 92.9 Å². The molecule has 3 aromatic rings. The number of amides is 4. The summed E-state index contributed by atoms with van der Waals surface area (Å²) < 4.78 is 45.5. The number of hydrogen-bond donors (Lipinski definition) is 3. The summed E-state index contributed by atoms with van der Waals surface area (Å²) in [6, 6.07) is 2.99. The summed E-state index contributed by atoms with van der Waals surface area (Å²) in [6.07, 6.45) is 9.59. The second kappa shape index (κ2) is 16.0. The number of allylic oxidation sites excluding steroid dienone is 1. The third-order valence-corrected chi connectivity index (χ3v) is 15.0. The number of ether oxygens (including phenoxy) is 2. The molecule has 0 radical (unpaired) electrons. The number of nitrogens with zero attached hydrogens (tertiary/aromatic N) is 4. The van der Waals surface area contributed by atoms with E-state index in [-0.39, 0.29) is 31.2 Å². The van der Waals surface area contributed by atoms with Crippen LogP contribution in [0.25, 0.3) is 22.1 Å². The molecule has 2 aromatic heterocycles. The molecule has 7 atom stereocenters. The van der Waals surface area contributed by atoms with E-state index in [1.165, 1.54) is 16.2 Å². The van der Waals surface area contributed by atoms with Crippen molar-refractivity contribution in [2.24, 2.45) is 17.8 Å². The van der Waals surface area contributed by atoms with Gasteiger partial charge in [0.05, 0.1) is 24.6 Å². The minimum absolute atomic E-state index is 0.0299. The van der Waals surface area contributed by atoms with Gasteiger partial charge in [0.25, 0.3) is 5.91 Å². The number of methoxy groups -OCH3 is 1. The highest BCUT2D eigenvalue weighted by molar-refractivity contribution is 7.91. The zero-order valence-electron chi connectivity index (χ0n) is 35.3. The average molecular weight is 849 g/mol. The molecule has 1 aromatic carbocycles. The van der Waals surface area contributed by atoms with Crippen molar-refractivity contribution in [3.05, 3.63) is 49.1 Å². The smallest absolute Gasteiger partial charge is 0.408 e. The maximum Gasteiger partial charge on any atom is 0.408 e. The van der Waals surface area contributed by atoms with Gasteiger partial charge >= 0.3 is 6.09 Å². The van der Waals surface area contributed by atoms with E-state index in [1.807, 2.05) is 25.1 Å². The van der Waals surface area contributed by atoms with Gasteiger partial charge in [-0.05, 0) is 96.3 Å². The summed E-state index contributed by atoms with van der Waals surface area (Å²) in [4.78, 5) is 68.6. The van der Waals surface area contributed by atoms with Crippen LogP contribution in [0.4, 0.5) is 4.79 Å². The molecule has 2 aliphatic heterocycles. The number of carbonyl (C=O) groups is 4. The summed E-state index contributed by atoms with van der Waals surface area (Å²) in [6.45, 7) is 10.7. The lowest BCUT2D eigenvalue weighted by Gasteiger charge is -2.44. The van der Waals surface area contributed by atoms with E-state index in [1.54, 1.807) is 59.3 Å². The number of aromatic nitrogens is 2. The molecular formula is C43H56N6O10S. The normalized spacial score (nSPS) is 28.6. The Balaban J connectivity index is 1.29. The van der Waals surface area contributed by atoms with E-state index < -0.39 is 79.7 Å². The number of rotatable bonds is 9. The fourth-order valence-electron chi connectivity index (χ4n) is 8.87. The van der Waals surface area contributed by atoms with Gasteiger partial charge in [-0.2, -0.15) is 0 Å². The lowest BCUT2D eigenvalue weighted by atomic mass is 9.82. The first-order valence-corrected chi connectivity index (χ1v) is 22.2. The van der Waals surface area contributed by atoms with Gasteiger partial charge in [-0.3, -0.25) is 24.0 Å². The molecule has 7 rings (SSSR count). The number of pyridine rings is 1. The van der Waals surface area contributed by atoms with Gasteiger partial charge in [0.15, 0.2) is 12.2 Å². The molecule has 0 bridgehead atoms. The fraction of sp³-hybridized carbons (Fsp3) is 0.581. The van der Waals surface area contributed by atoms with E-state index >= 15 is 4.79 Å². The van der Waals surface area contributed by atoms with Gasteiger partial charge in [0.2, 0.25) is 27.7 Å². The predicted molar refractivity (Wildman–Crippen MR) is 221 cm³/mol. The molecule has 2 aliphatic carbocycles. The molecule has 1 saturated heterocycles. The van der Waals surface area contributed by atoms with Crippen LogP contribution >= 0.6 is 0 Å². The van der Waals surface area contributed by atoms with Gasteiger partial charge in [0.1, 0.15) is 29.5 Å². The van der Waals surface area contributed by atoms with E-state index in [2.05, 4.69) is 26.9 Å². The molecule has 4 aliphatic rings. The maximum absolute atomic E-state index is 15.3. The number of sulfonamides is 1. The molecule has 60 heavy (non-hydrogen) atoms. The third kappa shape index (κ3) is 8.16. The zero-order chi connectivity index (χ0) is 43.4. The highest BCUT2D eigenvalue weighted by Crippen LogP contribution is 2.48.